The highest BCUT2D eigenvalue weighted by molar-refractivity contribution is 5.66. The molecule has 1 rings (SSSR count). The molecule has 0 radical (unpaired) electrons. The molecule has 1 aliphatic carbocycles. The summed E-state index contributed by atoms with van der Waals surface area (Å²) in [6.45, 7) is 3.50. The van der Waals surface area contributed by atoms with Crippen LogP contribution in [-0.2, 0) is 9.53 Å². The Hall–Kier alpha value is -0.910. The van der Waals surface area contributed by atoms with E-state index >= 15 is 0 Å². The summed E-state index contributed by atoms with van der Waals surface area (Å²) in [6.07, 6.45) is 6.90. The van der Waals surface area contributed by atoms with Crippen LogP contribution in [0.2, 0.25) is 0 Å². The highest BCUT2D eigenvalue weighted by Crippen LogP contribution is 2.36. The first kappa shape index (κ1) is 19.1. The number of esters is 1. The van der Waals surface area contributed by atoms with E-state index in [0.717, 1.165) is 25.7 Å². The molecule has 0 aliphatic heterocycles. The SMILES string of the molecule is CCCCC[C@@H](/C=C/[C@H]1[C@H](CCO)[C@H](O)C[C@@H]1O)OC(C)=O. The summed E-state index contributed by atoms with van der Waals surface area (Å²) in [5, 5.41) is 29.1. The number of aliphatic hydroxyl groups is 3. The van der Waals surface area contributed by atoms with E-state index in [0.29, 0.717) is 12.8 Å². The molecule has 1 fully saturated rings. The zero-order valence-electron chi connectivity index (χ0n) is 13.6. The van der Waals surface area contributed by atoms with Crippen molar-refractivity contribution >= 4 is 5.97 Å². The first-order chi connectivity index (χ1) is 10.5. The van der Waals surface area contributed by atoms with Gasteiger partial charge in [-0.3, -0.25) is 4.79 Å². The average molecular weight is 314 g/mol. The molecule has 5 heteroatoms. The summed E-state index contributed by atoms with van der Waals surface area (Å²) in [6, 6.07) is 0. The zero-order valence-corrected chi connectivity index (χ0v) is 13.6. The maximum Gasteiger partial charge on any atom is 0.303 e. The minimum Gasteiger partial charge on any atom is -0.458 e. The Kier molecular flexibility index (Phi) is 8.68. The predicted octanol–water partition coefficient (Wildman–Crippen LogP) is 1.79. The molecule has 0 heterocycles. The lowest BCUT2D eigenvalue weighted by Gasteiger charge is -2.20. The van der Waals surface area contributed by atoms with Gasteiger partial charge in [0.25, 0.3) is 0 Å². The highest BCUT2D eigenvalue weighted by atomic mass is 16.5. The van der Waals surface area contributed by atoms with Gasteiger partial charge in [0, 0.05) is 25.9 Å². The molecule has 0 saturated heterocycles. The molecule has 5 atom stereocenters. The van der Waals surface area contributed by atoms with Gasteiger partial charge in [-0.2, -0.15) is 0 Å². The molecule has 5 nitrogen and oxygen atoms in total. The third kappa shape index (κ3) is 6.07. The van der Waals surface area contributed by atoms with Gasteiger partial charge in [-0.25, -0.2) is 0 Å². The molecule has 128 valence electrons. The summed E-state index contributed by atoms with van der Waals surface area (Å²) in [7, 11) is 0. The molecule has 0 aromatic heterocycles. The lowest BCUT2D eigenvalue weighted by atomic mass is 9.90. The van der Waals surface area contributed by atoms with Crippen molar-refractivity contribution in [1.82, 2.24) is 0 Å². The fourth-order valence-corrected chi connectivity index (χ4v) is 3.18. The Morgan fingerprint density at radius 2 is 2.05 bits per heavy atom. The van der Waals surface area contributed by atoms with Crippen LogP contribution in [0.3, 0.4) is 0 Å². The van der Waals surface area contributed by atoms with Crippen LogP contribution in [0.4, 0.5) is 0 Å². The average Bonchev–Trinajstić information content (AvgIpc) is 2.71. The van der Waals surface area contributed by atoms with Crippen molar-refractivity contribution < 1.29 is 24.9 Å². The maximum absolute atomic E-state index is 11.2. The van der Waals surface area contributed by atoms with Crippen molar-refractivity contribution in [1.29, 1.82) is 0 Å². The van der Waals surface area contributed by atoms with Gasteiger partial charge in [0.1, 0.15) is 6.10 Å². The molecule has 1 saturated carbocycles. The normalized spacial score (nSPS) is 29.9. The van der Waals surface area contributed by atoms with Gasteiger partial charge >= 0.3 is 5.97 Å². The van der Waals surface area contributed by atoms with E-state index in [4.69, 9.17) is 9.84 Å². The monoisotopic (exact) mass is 314 g/mol. The van der Waals surface area contributed by atoms with Crippen LogP contribution in [0.25, 0.3) is 0 Å². The topological polar surface area (TPSA) is 87.0 Å². The summed E-state index contributed by atoms with van der Waals surface area (Å²) < 4.78 is 5.29. The highest BCUT2D eigenvalue weighted by Gasteiger charge is 2.39. The number of carbonyl (C=O) groups is 1. The molecule has 0 spiro atoms. The van der Waals surface area contributed by atoms with Crippen LogP contribution < -0.4 is 0 Å². The van der Waals surface area contributed by atoms with Gasteiger partial charge < -0.3 is 20.1 Å². The largest absolute Gasteiger partial charge is 0.458 e. The number of carbonyl (C=O) groups excluding carboxylic acids is 1. The minimum absolute atomic E-state index is 0.0112. The van der Waals surface area contributed by atoms with Crippen LogP contribution in [0.5, 0.6) is 0 Å². The second kappa shape index (κ2) is 9.98. The quantitative estimate of drug-likeness (QED) is 0.343. The summed E-state index contributed by atoms with van der Waals surface area (Å²) in [5.41, 5.74) is 0. The smallest absolute Gasteiger partial charge is 0.303 e. The lowest BCUT2D eigenvalue weighted by Crippen LogP contribution is -2.22. The van der Waals surface area contributed by atoms with Crippen molar-refractivity contribution in [3.8, 4) is 0 Å². The molecule has 0 aromatic carbocycles. The van der Waals surface area contributed by atoms with Crippen molar-refractivity contribution in [2.24, 2.45) is 11.8 Å². The number of unbranched alkanes of at least 4 members (excludes halogenated alkanes) is 2. The Morgan fingerprint density at radius 3 is 2.64 bits per heavy atom. The summed E-state index contributed by atoms with van der Waals surface area (Å²) in [4.78, 5) is 11.2. The number of rotatable bonds is 9. The van der Waals surface area contributed by atoms with Gasteiger partial charge in [0.2, 0.25) is 0 Å². The zero-order chi connectivity index (χ0) is 16.5. The third-order valence-corrected chi connectivity index (χ3v) is 4.34. The summed E-state index contributed by atoms with van der Waals surface area (Å²) in [5.74, 6) is -0.665. The fourth-order valence-electron chi connectivity index (χ4n) is 3.18. The Bertz CT molecular complexity index is 355. The van der Waals surface area contributed by atoms with E-state index in [-0.39, 0.29) is 30.5 Å². The second-order valence-electron chi connectivity index (χ2n) is 6.15. The number of ether oxygens (including phenoxy) is 1. The van der Waals surface area contributed by atoms with Crippen molar-refractivity contribution in [3.05, 3.63) is 12.2 Å². The van der Waals surface area contributed by atoms with Crippen LogP contribution in [0.15, 0.2) is 12.2 Å². The Balaban J connectivity index is 2.67. The molecule has 0 unspecified atom stereocenters. The van der Waals surface area contributed by atoms with E-state index < -0.39 is 12.2 Å². The van der Waals surface area contributed by atoms with Crippen molar-refractivity contribution in [2.45, 2.75) is 70.7 Å². The first-order valence-electron chi connectivity index (χ1n) is 8.32. The van der Waals surface area contributed by atoms with Crippen molar-refractivity contribution in [3.63, 3.8) is 0 Å². The lowest BCUT2D eigenvalue weighted by molar-refractivity contribution is -0.144. The Labute approximate surface area is 133 Å². The third-order valence-electron chi connectivity index (χ3n) is 4.34. The van der Waals surface area contributed by atoms with Gasteiger partial charge in [0.15, 0.2) is 0 Å². The van der Waals surface area contributed by atoms with Crippen LogP contribution in [0, 0.1) is 11.8 Å². The van der Waals surface area contributed by atoms with Crippen LogP contribution in [0.1, 0.15) is 52.4 Å². The van der Waals surface area contributed by atoms with Crippen molar-refractivity contribution in [2.75, 3.05) is 6.61 Å². The van der Waals surface area contributed by atoms with E-state index in [9.17, 15) is 15.0 Å². The number of hydrogen-bond acceptors (Lipinski definition) is 5. The van der Waals surface area contributed by atoms with E-state index in [2.05, 4.69) is 6.92 Å². The second-order valence-corrected chi connectivity index (χ2v) is 6.15. The molecule has 3 N–H and O–H groups in total. The number of hydrogen-bond donors (Lipinski definition) is 3. The Morgan fingerprint density at radius 1 is 1.32 bits per heavy atom. The van der Waals surface area contributed by atoms with E-state index in [1.807, 2.05) is 12.2 Å². The molecule has 22 heavy (non-hydrogen) atoms. The molecule has 0 aromatic rings. The predicted molar refractivity (Wildman–Crippen MR) is 84.1 cm³/mol. The fraction of sp³-hybridized carbons (Fsp3) is 0.824. The molecule has 0 bridgehead atoms. The summed E-state index contributed by atoms with van der Waals surface area (Å²) >= 11 is 0. The molecule has 1 aliphatic rings. The first-order valence-corrected chi connectivity index (χ1v) is 8.32. The maximum atomic E-state index is 11.2. The molecule has 0 amide bonds. The van der Waals surface area contributed by atoms with Crippen LogP contribution in [-0.4, -0.2) is 46.2 Å². The van der Waals surface area contributed by atoms with Gasteiger partial charge in [0.05, 0.1) is 12.2 Å². The van der Waals surface area contributed by atoms with Gasteiger partial charge in [-0.15, -0.1) is 0 Å². The van der Waals surface area contributed by atoms with Crippen LogP contribution >= 0.6 is 0 Å². The van der Waals surface area contributed by atoms with E-state index in [1.165, 1.54) is 6.92 Å². The molecular formula is C17H30O5. The van der Waals surface area contributed by atoms with E-state index in [1.54, 1.807) is 0 Å². The van der Waals surface area contributed by atoms with Gasteiger partial charge in [-0.1, -0.05) is 25.8 Å². The standard InChI is InChI=1S/C17H30O5/c1-3-4-5-6-13(22-12(2)19)7-8-14-15(9-10-18)17(21)11-16(14)20/h7-8,13-18,20-21H,3-6,9-11H2,1-2H3/b8-7+/t13-,14-,15-,16-,17+/m0/s1. The number of aliphatic hydroxyl groups excluding tert-OH is 3. The molecular weight excluding hydrogens is 284 g/mol. The van der Waals surface area contributed by atoms with Gasteiger partial charge in [-0.05, 0) is 31.3 Å². The minimum atomic E-state index is -0.614.